The zero-order chi connectivity index (χ0) is 15.9. The van der Waals surface area contributed by atoms with Crippen molar-refractivity contribution >= 4 is 15.7 Å². The van der Waals surface area contributed by atoms with E-state index in [1.165, 1.54) is 0 Å². The Morgan fingerprint density at radius 2 is 1.81 bits per heavy atom. The molecular formula is C14H24N2O4S. The first-order chi connectivity index (χ1) is 9.90. The summed E-state index contributed by atoms with van der Waals surface area (Å²) in [5.74, 6) is 0. The number of nitrogens with two attached hydrogens (primary N) is 1. The normalized spacial score (nSPS) is 11.8. The van der Waals surface area contributed by atoms with Crippen LogP contribution < -0.4 is 10.5 Å². The van der Waals surface area contributed by atoms with Gasteiger partial charge in [-0.1, -0.05) is 12.1 Å². The summed E-state index contributed by atoms with van der Waals surface area (Å²) in [6.07, 6.45) is 0.591. The fourth-order valence-electron chi connectivity index (χ4n) is 1.86. The second kappa shape index (κ2) is 8.33. The number of methoxy groups -OCH3 is 1. The molecule has 21 heavy (non-hydrogen) atoms. The van der Waals surface area contributed by atoms with Gasteiger partial charge in [0.2, 0.25) is 10.0 Å². The number of nitrogens with one attached hydrogen (secondary N) is 1. The van der Waals surface area contributed by atoms with Crippen molar-refractivity contribution < 1.29 is 17.9 Å². The molecule has 3 N–H and O–H groups in total. The molecule has 0 spiro atoms. The lowest BCUT2D eigenvalue weighted by Crippen LogP contribution is -2.27. The minimum atomic E-state index is -3.60. The molecule has 0 saturated heterocycles. The maximum absolute atomic E-state index is 12.3. The van der Waals surface area contributed by atoms with E-state index in [2.05, 4.69) is 4.72 Å². The smallest absolute Gasteiger partial charge is 0.242 e. The van der Waals surface area contributed by atoms with Crippen molar-refractivity contribution in [2.75, 3.05) is 39.2 Å². The standard InChI is InChI=1S/C14H24N2O4S/c1-11-5-6-12(2)14(13(11)15)21(17,18)16-7-4-8-20-10-9-19-3/h5-6,16H,4,7-10,15H2,1-3H3. The highest BCUT2D eigenvalue weighted by Gasteiger charge is 2.20. The van der Waals surface area contributed by atoms with Crippen molar-refractivity contribution in [3.8, 4) is 0 Å². The van der Waals surface area contributed by atoms with Crippen LogP contribution in [0.15, 0.2) is 17.0 Å². The molecule has 6 nitrogen and oxygen atoms in total. The fraction of sp³-hybridized carbons (Fsp3) is 0.571. The van der Waals surface area contributed by atoms with Crippen molar-refractivity contribution in [1.29, 1.82) is 0 Å². The van der Waals surface area contributed by atoms with Gasteiger partial charge in [0.05, 0.1) is 18.9 Å². The van der Waals surface area contributed by atoms with Crippen LogP contribution in [-0.4, -0.2) is 41.9 Å². The summed E-state index contributed by atoms with van der Waals surface area (Å²) in [4.78, 5) is 0.169. The highest BCUT2D eigenvalue weighted by molar-refractivity contribution is 7.89. The molecule has 0 aromatic heterocycles. The topological polar surface area (TPSA) is 90.6 Å². The summed E-state index contributed by atoms with van der Waals surface area (Å²) in [6, 6.07) is 3.57. The number of ether oxygens (including phenoxy) is 2. The van der Waals surface area contributed by atoms with Gasteiger partial charge < -0.3 is 15.2 Å². The Balaban J connectivity index is 2.57. The largest absolute Gasteiger partial charge is 0.397 e. The molecular weight excluding hydrogens is 292 g/mol. The molecule has 0 fully saturated rings. The molecule has 120 valence electrons. The van der Waals surface area contributed by atoms with Gasteiger partial charge in [-0.3, -0.25) is 0 Å². The van der Waals surface area contributed by atoms with E-state index in [0.717, 1.165) is 5.56 Å². The molecule has 0 aliphatic heterocycles. The van der Waals surface area contributed by atoms with Crippen molar-refractivity contribution in [2.45, 2.75) is 25.2 Å². The Hall–Kier alpha value is -1.15. The molecule has 1 aromatic carbocycles. The number of aryl methyl sites for hydroxylation is 2. The predicted molar refractivity (Wildman–Crippen MR) is 82.8 cm³/mol. The quantitative estimate of drug-likeness (QED) is 0.528. The first kappa shape index (κ1) is 17.9. The minimum absolute atomic E-state index is 0.169. The van der Waals surface area contributed by atoms with Crippen LogP contribution in [0, 0.1) is 13.8 Å². The number of anilines is 1. The second-order valence-corrected chi connectivity index (χ2v) is 6.50. The summed E-state index contributed by atoms with van der Waals surface area (Å²) in [5, 5.41) is 0. The van der Waals surface area contributed by atoms with Gasteiger partial charge in [0.1, 0.15) is 4.90 Å². The van der Waals surface area contributed by atoms with Crippen LogP contribution in [0.5, 0.6) is 0 Å². The number of rotatable bonds is 9. The molecule has 0 atom stereocenters. The van der Waals surface area contributed by atoms with Crippen LogP contribution in [-0.2, 0) is 19.5 Å². The van der Waals surface area contributed by atoms with E-state index >= 15 is 0 Å². The van der Waals surface area contributed by atoms with Crippen LogP contribution >= 0.6 is 0 Å². The summed E-state index contributed by atoms with van der Waals surface area (Å²) in [6.45, 7) is 5.35. The van der Waals surface area contributed by atoms with E-state index in [-0.39, 0.29) is 4.90 Å². The molecule has 0 bridgehead atoms. The molecule has 0 heterocycles. The van der Waals surface area contributed by atoms with Gasteiger partial charge in [0.15, 0.2) is 0 Å². The average molecular weight is 316 g/mol. The molecule has 7 heteroatoms. The zero-order valence-corrected chi connectivity index (χ0v) is 13.6. The van der Waals surface area contributed by atoms with Gasteiger partial charge in [-0.15, -0.1) is 0 Å². The van der Waals surface area contributed by atoms with E-state index in [4.69, 9.17) is 15.2 Å². The first-order valence-corrected chi connectivity index (χ1v) is 8.30. The van der Waals surface area contributed by atoms with Gasteiger partial charge in [-0.2, -0.15) is 0 Å². The van der Waals surface area contributed by atoms with E-state index in [1.54, 1.807) is 27.0 Å². The molecule has 1 aromatic rings. The van der Waals surface area contributed by atoms with Crippen molar-refractivity contribution in [3.63, 3.8) is 0 Å². The van der Waals surface area contributed by atoms with Crippen molar-refractivity contribution in [1.82, 2.24) is 4.72 Å². The number of sulfonamides is 1. The maximum Gasteiger partial charge on any atom is 0.242 e. The number of hydrogen-bond acceptors (Lipinski definition) is 5. The van der Waals surface area contributed by atoms with E-state index < -0.39 is 10.0 Å². The molecule has 0 aliphatic rings. The van der Waals surface area contributed by atoms with Crippen molar-refractivity contribution in [3.05, 3.63) is 23.3 Å². The lowest BCUT2D eigenvalue weighted by molar-refractivity contribution is 0.0699. The Kier molecular flexibility index (Phi) is 7.10. The van der Waals surface area contributed by atoms with Gasteiger partial charge in [-0.05, 0) is 31.4 Å². The van der Waals surface area contributed by atoms with Crippen LogP contribution in [0.2, 0.25) is 0 Å². The van der Waals surface area contributed by atoms with Crippen LogP contribution in [0.25, 0.3) is 0 Å². The van der Waals surface area contributed by atoms with Gasteiger partial charge in [-0.25, -0.2) is 13.1 Å². The van der Waals surface area contributed by atoms with Crippen LogP contribution in [0.4, 0.5) is 5.69 Å². The first-order valence-electron chi connectivity index (χ1n) is 6.82. The third-order valence-electron chi connectivity index (χ3n) is 3.07. The third kappa shape index (κ3) is 5.28. The number of nitrogen functional groups attached to an aromatic ring is 1. The molecule has 0 saturated carbocycles. The maximum atomic E-state index is 12.3. The highest BCUT2D eigenvalue weighted by atomic mass is 32.2. The van der Waals surface area contributed by atoms with Gasteiger partial charge in [0.25, 0.3) is 0 Å². The predicted octanol–water partition coefficient (Wildman–Crippen LogP) is 1.22. The number of benzene rings is 1. The van der Waals surface area contributed by atoms with Crippen molar-refractivity contribution in [2.24, 2.45) is 0 Å². The average Bonchev–Trinajstić information content (AvgIpc) is 2.42. The Morgan fingerprint density at radius 1 is 1.14 bits per heavy atom. The minimum Gasteiger partial charge on any atom is -0.397 e. The molecule has 0 radical (unpaired) electrons. The summed E-state index contributed by atoms with van der Waals surface area (Å²) in [7, 11) is -1.99. The van der Waals surface area contributed by atoms with E-state index in [1.807, 2.05) is 6.07 Å². The van der Waals surface area contributed by atoms with Crippen LogP contribution in [0.3, 0.4) is 0 Å². The zero-order valence-electron chi connectivity index (χ0n) is 12.8. The Labute approximate surface area is 126 Å². The Morgan fingerprint density at radius 3 is 2.48 bits per heavy atom. The van der Waals surface area contributed by atoms with Gasteiger partial charge in [0, 0.05) is 20.3 Å². The molecule has 0 amide bonds. The third-order valence-corrected chi connectivity index (χ3v) is 4.73. The fourth-order valence-corrected chi connectivity index (χ4v) is 3.36. The molecule has 0 unspecified atom stereocenters. The Bertz CT molecular complexity index is 558. The summed E-state index contributed by atoms with van der Waals surface area (Å²) >= 11 is 0. The lowest BCUT2D eigenvalue weighted by atomic mass is 10.1. The number of hydrogen-bond donors (Lipinski definition) is 2. The molecule has 1 rings (SSSR count). The summed E-state index contributed by atoms with van der Waals surface area (Å²) < 4.78 is 37.3. The molecule has 0 aliphatic carbocycles. The lowest BCUT2D eigenvalue weighted by Gasteiger charge is -2.13. The SMILES string of the molecule is COCCOCCCNS(=O)(=O)c1c(C)ccc(C)c1N. The van der Waals surface area contributed by atoms with E-state index in [9.17, 15) is 8.42 Å². The van der Waals surface area contributed by atoms with E-state index in [0.29, 0.717) is 44.0 Å². The summed E-state index contributed by atoms with van der Waals surface area (Å²) in [5.41, 5.74) is 7.60. The monoisotopic (exact) mass is 316 g/mol. The second-order valence-electron chi connectivity index (χ2n) is 4.80. The van der Waals surface area contributed by atoms with Crippen LogP contribution in [0.1, 0.15) is 17.5 Å². The van der Waals surface area contributed by atoms with Gasteiger partial charge >= 0.3 is 0 Å². The highest BCUT2D eigenvalue weighted by Crippen LogP contribution is 2.25.